The largest absolute Gasteiger partial charge is 0.496 e. The molecule has 1 atom stereocenters. The first-order valence-electron chi connectivity index (χ1n) is 8.37. The molecule has 0 aliphatic heterocycles. The SMILES string of the molecule is COc1ccccc1CNCC1CCCc2ccc(C(=O)O)cc21. The molecule has 2 aromatic rings. The fourth-order valence-electron chi connectivity index (χ4n) is 3.47. The number of ether oxygens (including phenoxy) is 1. The van der Waals surface area contributed by atoms with Gasteiger partial charge in [0.25, 0.3) is 0 Å². The molecule has 0 bridgehead atoms. The Hall–Kier alpha value is -2.33. The van der Waals surface area contributed by atoms with Gasteiger partial charge >= 0.3 is 5.97 Å². The Kier molecular flexibility index (Phi) is 5.16. The molecule has 126 valence electrons. The van der Waals surface area contributed by atoms with Crippen molar-refractivity contribution in [1.82, 2.24) is 5.32 Å². The van der Waals surface area contributed by atoms with Crippen molar-refractivity contribution in [3.63, 3.8) is 0 Å². The van der Waals surface area contributed by atoms with Crippen LogP contribution in [0.3, 0.4) is 0 Å². The number of para-hydroxylation sites is 1. The summed E-state index contributed by atoms with van der Waals surface area (Å²) in [6, 6.07) is 13.5. The molecule has 1 aliphatic rings. The number of fused-ring (bicyclic) bond motifs is 1. The average molecular weight is 325 g/mol. The number of hydrogen-bond acceptors (Lipinski definition) is 3. The second kappa shape index (κ2) is 7.49. The van der Waals surface area contributed by atoms with Crippen LogP contribution < -0.4 is 10.1 Å². The van der Waals surface area contributed by atoms with Crippen LogP contribution in [0.15, 0.2) is 42.5 Å². The van der Waals surface area contributed by atoms with Gasteiger partial charge in [0.15, 0.2) is 0 Å². The fourth-order valence-corrected chi connectivity index (χ4v) is 3.47. The number of carboxylic acids is 1. The maximum absolute atomic E-state index is 11.2. The monoisotopic (exact) mass is 325 g/mol. The standard InChI is InChI=1S/C20H23NO3/c1-24-19-8-3-2-5-17(19)13-21-12-16-7-4-6-14-9-10-15(20(22)23)11-18(14)16/h2-3,5,8-11,16,21H,4,6-7,12-13H2,1H3,(H,22,23). The smallest absolute Gasteiger partial charge is 0.335 e. The lowest BCUT2D eigenvalue weighted by Crippen LogP contribution is -2.24. The number of rotatable bonds is 6. The molecule has 2 N–H and O–H groups in total. The van der Waals surface area contributed by atoms with Crippen LogP contribution in [0.4, 0.5) is 0 Å². The summed E-state index contributed by atoms with van der Waals surface area (Å²) in [5.41, 5.74) is 3.99. The maximum Gasteiger partial charge on any atom is 0.335 e. The molecule has 0 saturated heterocycles. The highest BCUT2D eigenvalue weighted by Gasteiger charge is 2.21. The van der Waals surface area contributed by atoms with Gasteiger partial charge in [0.1, 0.15) is 5.75 Å². The van der Waals surface area contributed by atoms with Crippen molar-refractivity contribution < 1.29 is 14.6 Å². The van der Waals surface area contributed by atoms with E-state index in [-0.39, 0.29) is 0 Å². The van der Waals surface area contributed by atoms with Gasteiger partial charge in [0, 0.05) is 18.7 Å². The van der Waals surface area contributed by atoms with E-state index in [2.05, 4.69) is 11.4 Å². The predicted molar refractivity (Wildman–Crippen MR) is 93.8 cm³/mol. The highest BCUT2D eigenvalue weighted by atomic mass is 16.5. The average Bonchev–Trinajstić information content (AvgIpc) is 2.61. The molecule has 1 unspecified atom stereocenters. The van der Waals surface area contributed by atoms with E-state index in [1.165, 1.54) is 11.1 Å². The highest BCUT2D eigenvalue weighted by molar-refractivity contribution is 5.88. The van der Waals surface area contributed by atoms with E-state index in [0.29, 0.717) is 11.5 Å². The predicted octanol–water partition coefficient (Wildman–Crippen LogP) is 3.60. The van der Waals surface area contributed by atoms with Gasteiger partial charge in [-0.2, -0.15) is 0 Å². The number of carbonyl (C=O) groups is 1. The molecule has 0 heterocycles. The van der Waals surface area contributed by atoms with E-state index in [4.69, 9.17) is 4.74 Å². The summed E-state index contributed by atoms with van der Waals surface area (Å²) in [7, 11) is 1.68. The second-order valence-corrected chi connectivity index (χ2v) is 6.25. The molecule has 0 aromatic heterocycles. The Labute approximate surface area is 142 Å². The molecule has 24 heavy (non-hydrogen) atoms. The number of aryl methyl sites for hydroxylation is 1. The Bertz CT molecular complexity index is 727. The van der Waals surface area contributed by atoms with Crippen LogP contribution in [0.1, 0.15) is 45.8 Å². The van der Waals surface area contributed by atoms with Crippen molar-refractivity contribution in [2.24, 2.45) is 0 Å². The number of methoxy groups -OCH3 is 1. The van der Waals surface area contributed by atoms with E-state index in [1.807, 2.05) is 30.3 Å². The first-order chi connectivity index (χ1) is 11.7. The van der Waals surface area contributed by atoms with E-state index >= 15 is 0 Å². The molecular formula is C20H23NO3. The van der Waals surface area contributed by atoms with Crippen LogP contribution in [0.2, 0.25) is 0 Å². The minimum Gasteiger partial charge on any atom is -0.496 e. The van der Waals surface area contributed by atoms with Crippen molar-refractivity contribution in [1.29, 1.82) is 0 Å². The molecule has 0 fully saturated rings. The quantitative estimate of drug-likeness (QED) is 0.852. The third-order valence-electron chi connectivity index (χ3n) is 4.73. The number of carboxylic acid groups (broad SMARTS) is 1. The first-order valence-corrected chi connectivity index (χ1v) is 8.37. The Balaban J connectivity index is 1.69. The topological polar surface area (TPSA) is 58.6 Å². The summed E-state index contributed by atoms with van der Waals surface area (Å²) in [6.45, 7) is 1.59. The molecule has 1 aliphatic carbocycles. The van der Waals surface area contributed by atoms with Crippen LogP contribution in [0.5, 0.6) is 5.75 Å². The fraction of sp³-hybridized carbons (Fsp3) is 0.350. The van der Waals surface area contributed by atoms with Gasteiger partial charge in [-0.15, -0.1) is 0 Å². The van der Waals surface area contributed by atoms with Crippen molar-refractivity contribution >= 4 is 5.97 Å². The Morgan fingerprint density at radius 1 is 1.29 bits per heavy atom. The van der Waals surface area contributed by atoms with Crippen LogP contribution in [0, 0.1) is 0 Å². The zero-order chi connectivity index (χ0) is 16.9. The summed E-state index contributed by atoms with van der Waals surface area (Å²) >= 11 is 0. The van der Waals surface area contributed by atoms with E-state index < -0.39 is 5.97 Å². The van der Waals surface area contributed by atoms with Crippen molar-refractivity contribution in [3.05, 3.63) is 64.7 Å². The molecule has 0 spiro atoms. The van der Waals surface area contributed by atoms with Gasteiger partial charge < -0.3 is 15.2 Å². The summed E-state index contributed by atoms with van der Waals surface area (Å²) < 4.78 is 5.38. The lowest BCUT2D eigenvalue weighted by Gasteiger charge is -2.26. The van der Waals surface area contributed by atoms with Crippen molar-refractivity contribution in [2.45, 2.75) is 31.7 Å². The van der Waals surface area contributed by atoms with Gasteiger partial charge in [0.05, 0.1) is 12.7 Å². The minimum atomic E-state index is -0.857. The number of nitrogens with one attached hydrogen (secondary N) is 1. The zero-order valence-electron chi connectivity index (χ0n) is 13.9. The zero-order valence-corrected chi connectivity index (χ0v) is 13.9. The summed E-state index contributed by atoms with van der Waals surface area (Å²) in [4.78, 5) is 11.2. The van der Waals surface area contributed by atoms with Gasteiger partial charge in [-0.25, -0.2) is 4.79 Å². The summed E-state index contributed by atoms with van der Waals surface area (Å²) in [5.74, 6) is 0.397. The molecule has 3 rings (SSSR count). The van der Waals surface area contributed by atoms with Crippen LogP contribution in [-0.4, -0.2) is 24.7 Å². The highest BCUT2D eigenvalue weighted by Crippen LogP contribution is 2.32. The first kappa shape index (κ1) is 16.5. The van der Waals surface area contributed by atoms with Crippen molar-refractivity contribution in [2.75, 3.05) is 13.7 Å². The van der Waals surface area contributed by atoms with E-state index in [1.54, 1.807) is 13.2 Å². The summed E-state index contributed by atoms with van der Waals surface area (Å²) in [5, 5.41) is 12.7. The number of hydrogen-bond donors (Lipinski definition) is 2. The maximum atomic E-state index is 11.2. The molecule has 0 saturated carbocycles. The Morgan fingerprint density at radius 3 is 2.92 bits per heavy atom. The lowest BCUT2D eigenvalue weighted by atomic mass is 9.82. The normalized spacial score (nSPS) is 16.5. The van der Waals surface area contributed by atoms with E-state index in [0.717, 1.165) is 43.7 Å². The van der Waals surface area contributed by atoms with Crippen LogP contribution in [0.25, 0.3) is 0 Å². The van der Waals surface area contributed by atoms with E-state index in [9.17, 15) is 9.90 Å². The van der Waals surface area contributed by atoms with Crippen LogP contribution in [-0.2, 0) is 13.0 Å². The molecule has 0 amide bonds. The molecule has 0 radical (unpaired) electrons. The third-order valence-corrected chi connectivity index (χ3v) is 4.73. The molecule has 4 nitrogen and oxygen atoms in total. The third kappa shape index (κ3) is 3.60. The van der Waals surface area contributed by atoms with Gasteiger partial charge in [-0.05, 0) is 54.5 Å². The van der Waals surface area contributed by atoms with Crippen LogP contribution >= 0.6 is 0 Å². The second-order valence-electron chi connectivity index (χ2n) is 6.25. The Morgan fingerprint density at radius 2 is 2.12 bits per heavy atom. The van der Waals surface area contributed by atoms with Gasteiger partial charge in [-0.1, -0.05) is 24.3 Å². The molecule has 2 aromatic carbocycles. The van der Waals surface area contributed by atoms with Gasteiger partial charge in [0.2, 0.25) is 0 Å². The lowest BCUT2D eigenvalue weighted by molar-refractivity contribution is 0.0696. The number of benzene rings is 2. The molecular weight excluding hydrogens is 302 g/mol. The van der Waals surface area contributed by atoms with Gasteiger partial charge in [-0.3, -0.25) is 0 Å². The molecule has 4 heteroatoms. The van der Waals surface area contributed by atoms with Crippen molar-refractivity contribution in [3.8, 4) is 5.75 Å². The number of aromatic carboxylic acids is 1. The minimum absolute atomic E-state index is 0.364. The summed E-state index contributed by atoms with van der Waals surface area (Å²) in [6.07, 6.45) is 3.29.